The average Bonchev–Trinajstić information content (AvgIpc) is 2.45. The van der Waals surface area contributed by atoms with Gasteiger partial charge in [-0.15, -0.1) is 0 Å². The first-order valence-electron chi connectivity index (χ1n) is 5.83. The van der Waals surface area contributed by atoms with Crippen LogP contribution in [0.5, 0.6) is 0 Å². The Kier molecular flexibility index (Phi) is 3.91. The van der Waals surface area contributed by atoms with Gasteiger partial charge in [0.1, 0.15) is 0 Å². The molecule has 0 unspecified atom stereocenters. The lowest BCUT2D eigenvalue weighted by molar-refractivity contribution is -0.385. The van der Waals surface area contributed by atoms with Crippen LogP contribution in [-0.4, -0.2) is 16.0 Å². The van der Waals surface area contributed by atoms with Gasteiger partial charge in [0.25, 0.3) is 5.69 Å². The maximum absolute atomic E-state index is 11.1. The first-order valence-corrected chi connectivity index (χ1v) is 5.83. The van der Waals surface area contributed by atoms with Crippen LogP contribution in [0.2, 0.25) is 0 Å². The molecule has 5 nitrogen and oxygen atoms in total. The lowest BCUT2D eigenvalue weighted by atomic mass is 9.96. The Labute approximate surface area is 115 Å². The molecule has 0 aliphatic carbocycles. The van der Waals surface area contributed by atoms with E-state index < -0.39 is 10.9 Å². The lowest BCUT2D eigenvalue weighted by Crippen LogP contribution is -1.99. The van der Waals surface area contributed by atoms with Crippen molar-refractivity contribution in [2.24, 2.45) is 0 Å². The van der Waals surface area contributed by atoms with Crippen molar-refractivity contribution in [2.75, 3.05) is 0 Å². The Morgan fingerprint density at radius 3 is 2.25 bits per heavy atom. The minimum absolute atomic E-state index is 0.121. The zero-order chi connectivity index (χ0) is 14.5. The second-order valence-electron chi connectivity index (χ2n) is 4.04. The van der Waals surface area contributed by atoms with Gasteiger partial charge in [-0.3, -0.25) is 10.1 Å². The Hall–Kier alpha value is -2.95. The molecule has 100 valence electrons. The van der Waals surface area contributed by atoms with Crippen LogP contribution in [0.3, 0.4) is 0 Å². The summed E-state index contributed by atoms with van der Waals surface area (Å²) in [6.07, 6.45) is 0.984. The molecule has 2 aromatic carbocycles. The number of aliphatic carboxylic acids is 1. The summed E-state index contributed by atoms with van der Waals surface area (Å²) in [5, 5.41) is 20.1. The molecule has 0 amide bonds. The van der Waals surface area contributed by atoms with Crippen LogP contribution >= 0.6 is 0 Å². The largest absolute Gasteiger partial charge is 0.478 e. The highest BCUT2D eigenvalue weighted by Crippen LogP contribution is 2.30. The SMILES string of the molecule is O=C(O)C=C(c1ccccc1)c1ccccc1[N+](=O)[O-]. The first kappa shape index (κ1) is 13.5. The first-order chi connectivity index (χ1) is 9.59. The molecule has 0 radical (unpaired) electrons. The Morgan fingerprint density at radius 1 is 1.05 bits per heavy atom. The average molecular weight is 269 g/mol. The highest BCUT2D eigenvalue weighted by molar-refractivity contribution is 5.96. The van der Waals surface area contributed by atoms with Gasteiger partial charge in [0.05, 0.1) is 10.5 Å². The monoisotopic (exact) mass is 269 g/mol. The number of rotatable bonds is 4. The molecular formula is C15H11NO4. The summed E-state index contributed by atoms with van der Waals surface area (Å²) in [5.41, 5.74) is 1.09. The van der Waals surface area contributed by atoms with Gasteiger partial charge in [-0.1, -0.05) is 42.5 Å². The van der Waals surface area contributed by atoms with Crippen LogP contribution < -0.4 is 0 Å². The van der Waals surface area contributed by atoms with E-state index >= 15 is 0 Å². The molecule has 0 fully saturated rings. The Bertz CT molecular complexity index is 677. The van der Waals surface area contributed by atoms with Gasteiger partial charge in [0.15, 0.2) is 0 Å². The fourth-order valence-electron chi connectivity index (χ4n) is 1.92. The van der Waals surface area contributed by atoms with E-state index in [9.17, 15) is 14.9 Å². The van der Waals surface area contributed by atoms with Crippen molar-refractivity contribution in [1.29, 1.82) is 0 Å². The van der Waals surface area contributed by atoms with Crippen LogP contribution in [0.25, 0.3) is 5.57 Å². The molecule has 0 atom stereocenters. The number of carbonyl (C=O) groups is 1. The fraction of sp³-hybridized carbons (Fsp3) is 0. The van der Waals surface area contributed by atoms with E-state index in [4.69, 9.17) is 5.11 Å². The van der Waals surface area contributed by atoms with E-state index in [2.05, 4.69) is 0 Å². The molecule has 1 N–H and O–H groups in total. The van der Waals surface area contributed by atoms with Crippen LogP contribution in [0.1, 0.15) is 11.1 Å². The number of benzene rings is 2. The molecule has 0 heterocycles. The molecule has 0 saturated heterocycles. The maximum atomic E-state index is 11.1. The van der Waals surface area contributed by atoms with Gasteiger partial charge >= 0.3 is 5.97 Å². The molecule has 0 bridgehead atoms. The highest BCUT2D eigenvalue weighted by Gasteiger charge is 2.18. The van der Waals surface area contributed by atoms with E-state index in [-0.39, 0.29) is 11.3 Å². The molecule has 2 aromatic rings. The molecule has 0 aliphatic rings. The third-order valence-electron chi connectivity index (χ3n) is 2.74. The molecule has 0 spiro atoms. The van der Waals surface area contributed by atoms with Crippen LogP contribution in [0.15, 0.2) is 60.7 Å². The predicted molar refractivity (Wildman–Crippen MR) is 74.3 cm³/mol. The number of hydrogen-bond donors (Lipinski definition) is 1. The molecule has 0 aliphatic heterocycles. The molecule has 20 heavy (non-hydrogen) atoms. The van der Waals surface area contributed by atoms with E-state index in [0.29, 0.717) is 11.1 Å². The summed E-state index contributed by atoms with van der Waals surface area (Å²) >= 11 is 0. The van der Waals surface area contributed by atoms with Crippen molar-refractivity contribution in [2.45, 2.75) is 0 Å². The second-order valence-corrected chi connectivity index (χ2v) is 4.04. The van der Waals surface area contributed by atoms with Crippen molar-refractivity contribution in [3.63, 3.8) is 0 Å². The molecule has 0 saturated carbocycles. The molecule has 5 heteroatoms. The number of carboxylic acid groups (broad SMARTS) is 1. The summed E-state index contributed by atoms with van der Waals surface area (Å²) in [4.78, 5) is 21.5. The van der Waals surface area contributed by atoms with Gasteiger partial charge in [0, 0.05) is 17.7 Å². The van der Waals surface area contributed by atoms with Crippen molar-refractivity contribution < 1.29 is 14.8 Å². The zero-order valence-corrected chi connectivity index (χ0v) is 10.4. The Balaban J connectivity index is 2.66. The van der Waals surface area contributed by atoms with Gasteiger partial charge in [0.2, 0.25) is 0 Å². The van der Waals surface area contributed by atoms with Gasteiger partial charge in [-0.25, -0.2) is 4.79 Å². The standard InChI is InChI=1S/C15H11NO4/c17-15(18)10-13(11-6-2-1-3-7-11)12-8-4-5-9-14(12)16(19)20/h1-10H,(H,17,18). The van der Waals surface area contributed by atoms with Crippen molar-refractivity contribution in [3.05, 3.63) is 81.9 Å². The lowest BCUT2D eigenvalue weighted by Gasteiger charge is -2.08. The van der Waals surface area contributed by atoms with Gasteiger partial charge < -0.3 is 5.11 Å². The molecule has 0 aromatic heterocycles. The molecule has 2 rings (SSSR count). The van der Waals surface area contributed by atoms with Crippen LogP contribution in [-0.2, 0) is 4.79 Å². The predicted octanol–water partition coefficient (Wildman–Crippen LogP) is 3.11. The summed E-state index contributed by atoms with van der Waals surface area (Å²) in [6, 6.07) is 14.8. The number of nitro groups is 1. The summed E-state index contributed by atoms with van der Waals surface area (Å²) in [7, 11) is 0. The summed E-state index contributed by atoms with van der Waals surface area (Å²) < 4.78 is 0. The van der Waals surface area contributed by atoms with Crippen molar-refractivity contribution in [3.8, 4) is 0 Å². The highest BCUT2D eigenvalue weighted by atomic mass is 16.6. The van der Waals surface area contributed by atoms with E-state index in [1.807, 2.05) is 0 Å². The number of nitrogens with zero attached hydrogens (tertiary/aromatic N) is 1. The van der Waals surface area contributed by atoms with Crippen molar-refractivity contribution >= 4 is 17.2 Å². The topological polar surface area (TPSA) is 80.4 Å². The van der Waals surface area contributed by atoms with E-state index in [1.165, 1.54) is 6.07 Å². The number of carboxylic acids is 1. The quantitative estimate of drug-likeness (QED) is 0.525. The summed E-state index contributed by atoms with van der Waals surface area (Å²) in [5.74, 6) is -1.15. The molecular weight excluding hydrogens is 258 g/mol. The third kappa shape index (κ3) is 2.89. The number of para-hydroxylation sites is 1. The maximum Gasteiger partial charge on any atom is 0.328 e. The minimum Gasteiger partial charge on any atom is -0.478 e. The zero-order valence-electron chi connectivity index (χ0n) is 10.4. The van der Waals surface area contributed by atoms with Crippen LogP contribution in [0.4, 0.5) is 5.69 Å². The van der Waals surface area contributed by atoms with E-state index in [1.54, 1.807) is 48.5 Å². The van der Waals surface area contributed by atoms with Crippen LogP contribution in [0, 0.1) is 10.1 Å². The minimum atomic E-state index is -1.15. The van der Waals surface area contributed by atoms with E-state index in [0.717, 1.165) is 6.08 Å². The fourth-order valence-corrected chi connectivity index (χ4v) is 1.92. The van der Waals surface area contributed by atoms with Crippen molar-refractivity contribution in [1.82, 2.24) is 0 Å². The smallest absolute Gasteiger partial charge is 0.328 e. The third-order valence-corrected chi connectivity index (χ3v) is 2.74. The number of hydrogen-bond acceptors (Lipinski definition) is 3. The summed E-state index contributed by atoms with van der Waals surface area (Å²) in [6.45, 7) is 0. The number of nitro benzene ring substituents is 1. The Morgan fingerprint density at radius 2 is 1.65 bits per heavy atom. The van der Waals surface area contributed by atoms with Gasteiger partial charge in [-0.2, -0.15) is 0 Å². The normalized spacial score (nSPS) is 11.1. The second kappa shape index (κ2) is 5.79. The van der Waals surface area contributed by atoms with Gasteiger partial charge in [-0.05, 0) is 11.6 Å².